The Morgan fingerprint density at radius 3 is 2.60 bits per heavy atom. The summed E-state index contributed by atoms with van der Waals surface area (Å²) in [6.45, 7) is 2.22. The summed E-state index contributed by atoms with van der Waals surface area (Å²) in [7, 11) is 0. The Hall–Kier alpha value is -0.120. The molecule has 0 saturated carbocycles. The summed E-state index contributed by atoms with van der Waals surface area (Å²) in [5.74, 6) is -0.0818. The van der Waals surface area contributed by atoms with Crippen LogP contribution in [0.3, 0.4) is 0 Å². The summed E-state index contributed by atoms with van der Waals surface area (Å²) in [6.07, 6.45) is 7.36. The lowest BCUT2D eigenvalue weighted by Gasteiger charge is -2.05. The van der Waals surface area contributed by atoms with Crippen molar-refractivity contribution >= 4 is 22.6 Å². The fourth-order valence-corrected chi connectivity index (χ4v) is 2.29. The predicted molar refractivity (Wildman–Crippen MR) is 71.6 cm³/mol. The molecule has 84 valence electrons. The summed E-state index contributed by atoms with van der Waals surface area (Å²) < 4.78 is 14.0. The zero-order valence-electron chi connectivity index (χ0n) is 9.23. The van der Waals surface area contributed by atoms with Crippen molar-refractivity contribution in [3.8, 4) is 0 Å². The van der Waals surface area contributed by atoms with Crippen molar-refractivity contribution in [3.05, 3.63) is 33.1 Å². The lowest BCUT2D eigenvalue weighted by Crippen LogP contribution is -1.93. The average Bonchev–Trinajstić information content (AvgIpc) is 2.24. The maximum Gasteiger partial charge on any atom is 0.136 e. The van der Waals surface area contributed by atoms with Crippen LogP contribution in [0.25, 0.3) is 0 Å². The number of aryl methyl sites for hydroxylation is 1. The van der Waals surface area contributed by atoms with E-state index in [1.165, 1.54) is 38.2 Å². The second-order valence-corrected chi connectivity index (χ2v) is 4.96. The van der Waals surface area contributed by atoms with Crippen molar-refractivity contribution in [1.82, 2.24) is 0 Å². The van der Waals surface area contributed by atoms with Crippen molar-refractivity contribution in [2.45, 2.75) is 45.4 Å². The fourth-order valence-electron chi connectivity index (χ4n) is 1.66. The third-order valence-electron chi connectivity index (χ3n) is 2.58. The molecule has 1 rings (SSSR count). The first-order valence-corrected chi connectivity index (χ1v) is 6.76. The van der Waals surface area contributed by atoms with Gasteiger partial charge in [-0.15, -0.1) is 0 Å². The first kappa shape index (κ1) is 12.9. The Morgan fingerprint density at radius 2 is 1.87 bits per heavy atom. The highest BCUT2D eigenvalue weighted by molar-refractivity contribution is 14.1. The molecule has 0 radical (unpaired) electrons. The summed E-state index contributed by atoms with van der Waals surface area (Å²) in [6, 6.07) is 5.37. The Labute approximate surface area is 105 Å². The van der Waals surface area contributed by atoms with Crippen molar-refractivity contribution in [2.24, 2.45) is 0 Å². The van der Waals surface area contributed by atoms with Gasteiger partial charge in [-0.1, -0.05) is 44.7 Å². The molecule has 1 aromatic rings. The normalized spacial score (nSPS) is 10.6. The number of halogens is 2. The molecule has 0 N–H and O–H groups in total. The van der Waals surface area contributed by atoms with Gasteiger partial charge >= 0.3 is 0 Å². The number of unbranched alkanes of at least 4 members (excludes halogenated alkanes) is 4. The van der Waals surface area contributed by atoms with Crippen LogP contribution in [0, 0.1) is 9.39 Å². The number of hydrogen-bond donors (Lipinski definition) is 0. The molecule has 1 aromatic carbocycles. The smallest absolute Gasteiger partial charge is 0.136 e. The summed E-state index contributed by atoms with van der Waals surface area (Å²) in [5.41, 5.74) is 1.16. The lowest BCUT2D eigenvalue weighted by molar-refractivity contribution is 0.608. The van der Waals surface area contributed by atoms with Gasteiger partial charge < -0.3 is 0 Å². The third-order valence-corrected chi connectivity index (χ3v) is 3.79. The molecule has 0 unspecified atom stereocenters. The summed E-state index contributed by atoms with van der Waals surface area (Å²) in [4.78, 5) is 0. The molecule has 15 heavy (non-hydrogen) atoms. The molecule has 0 aromatic heterocycles. The second-order valence-electron chi connectivity index (χ2n) is 3.88. The van der Waals surface area contributed by atoms with Crippen molar-refractivity contribution in [3.63, 3.8) is 0 Å². The van der Waals surface area contributed by atoms with Gasteiger partial charge in [-0.25, -0.2) is 4.39 Å². The molecule has 0 heterocycles. The van der Waals surface area contributed by atoms with E-state index in [2.05, 4.69) is 29.5 Å². The van der Waals surface area contributed by atoms with Crippen molar-refractivity contribution in [1.29, 1.82) is 0 Å². The molecule has 0 aliphatic heterocycles. The summed E-state index contributed by atoms with van der Waals surface area (Å²) >= 11 is 2.10. The van der Waals surface area contributed by atoms with Gasteiger partial charge in [-0.2, -0.15) is 0 Å². The first-order valence-electron chi connectivity index (χ1n) is 5.68. The van der Waals surface area contributed by atoms with Gasteiger partial charge in [-0.05, 0) is 47.1 Å². The van der Waals surface area contributed by atoms with E-state index in [1.807, 2.05) is 6.07 Å². The highest BCUT2D eigenvalue weighted by Gasteiger charge is 2.03. The highest BCUT2D eigenvalue weighted by atomic mass is 127. The molecule has 0 saturated heterocycles. The zero-order valence-corrected chi connectivity index (χ0v) is 11.4. The largest absolute Gasteiger partial charge is 0.206 e. The second kappa shape index (κ2) is 7.20. The van der Waals surface area contributed by atoms with Gasteiger partial charge in [0.05, 0.1) is 3.57 Å². The highest BCUT2D eigenvalue weighted by Crippen LogP contribution is 2.18. The van der Waals surface area contributed by atoms with Crippen LogP contribution in [-0.4, -0.2) is 0 Å². The van der Waals surface area contributed by atoms with Crippen LogP contribution in [0.15, 0.2) is 18.2 Å². The van der Waals surface area contributed by atoms with Crippen molar-refractivity contribution in [2.75, 3.05) is 0 Å². The van der Waals surface area contributed by atoms with Gasteiger partial charge in [0.1, 0.15) is 5.82 Å². The maximum atomic E-state index is 13.2. The standard InChI is InChI=1S/C13H18FI/c1-2-3-4-5-6-8-11-9-7-10-12(14)13(11)15/h7,9-10H,2-6,8H2,1H3. The topological polar surface area (TPSA) is 0 Å². The van der Waals surface area contributed by atoms with E-state index >= 15 is 0 Å². The monoisotopic (exact) mass is 320 g/mol. The van der Waals surface area contributed by atoms with Gasteiger partial charge in [-0.3, -0.25) is 0 Å². The van der Waals surface area contributed by atoms with E-state index in [-0.39, 0.29) is 5.82 Å². The van der Waals surface area contributed by atoms with E-state index in [9.17, 15) is 4.39 Å². The van der Waals surface area contributed by atoms with Crippen molar-refractivity contribution < 1.29 is 4.39 Å². The number of hydrogen-bond acceptors (Lipinski definition) is 0. The minimum atomic E-state index is -0.0818. The van der Waals surface area contributed by atoms with Crippen LogP contribution in [0.1, 0.15) is 44.6 Å². The number of benzene rings is 1. The molecule has 0 aliphatic carbocycles. The molecule has 0 spiro atoms. The van der Waals surface area contributed by atoms with Crippen LogP contribution in [0.5, 0.6) is 0 Å². The minimum absolute atomic E-state index is 0.0818. The summed E-state index contributed by atoms with van der Waals surface area (Å²) in [5, 5.41) is 0. The molecule has 2 heteroatoms. The Bertz CT molecular complexity index is 297. The molecule has 0 nitrogen and oxygen atoms in total. The van der Waals surface area contributed by atoms with Gasteiger partial charge in [0.15, 0.2) is 0 Å². The van der Waals surface area contributed by atoms with Crippen LogP contribution < -0.4 is 0 Å². The minimum Gasteiger partial charge on any atom is -0.206 e. The van der Waals surface area contributed by atoms with Crippen LogP contribution >= 0.6 is 22.6 Å². The number of rotatable bonds is 6. The van der Waals surface area contributed by atoms with E-state index in [4.69, 9.17) is 0 Å². The Balaban J connectivity index is 2.34. The van der Waals surface area contributed by atoms with E-state index < -0.39 is 0 Å². The molecule has 0 atom stereocenters. The molecule has 0 bridgehead atoms. The molecule has 0 aliphatic rings. The zero-order chi connectivity index (χ0) is 11.1. The predicted octanol–water partition coefficient (Wildman–Crippen LogP) is 4.94. The van der Waals surface area contributed by atoms with E-state index in [1.54, 1.807) is 6.07 Å². The third kappa shape index (κ3) is 4.49. The average molecular weight is 320 g/mol. The fraction of sp³-hybridized carbons (Fsp3) is 0.538. The van der Waals surface area contributed by atoms with E-state index in [0.717, 1.165) is 15.6 Å². The van der Waals surface area contributed by atoms with Crippen LogP contribution in [0.2, 0.25) is 0 Å². The van der Waals surface area contributed by atoms with Gasteiger partial charge in [0.2, 0.25) is 0 Å². The van der Waals surface area contributed by atoms with Gasteiger partial charge in [0, 0.05) is 0 Å². The first-order chi connectivity index (χ1) is 7.25. The molecule has 0 amide bonds. The van der Waals surface area contributed by atoms with E-state index in [0.29, 0.717) is 0 Å². The Kier molecular flexibility index (Phi) is 6.22. The maximum absolute atomic E-state index is 13.2. The molecular formula is C13H18FI. The molecule has 0 fully saturated rings. The van der Waals surface area contributed by atoms with Crippen LogP contribution in [0.4, 0.5) is 4.39 Å². The van der Waals surface area contributed by atoms with Crippen LogP contribution in [-0.2, 0) is 6.42 Å². The quantitative estimate of drug-likeness (QED) is 0.514. The lowest BCUT2D eigenvalue weighted by atomic mass is 10.1. The van der Waals surface area contributed by atoms with Gasteiger partial charge in [0.25, 0.3) is 0 Å². The molecular weight excluding hydrogens is 302 g/mol. The Morgan fingerprint density at radius 1 is 1.13 bits per heavy atom. The SMILES string of the molecule is CCCCCCCc1cccc(F)c1I.